The standard InChI is InChI=1S/C14H12ClNO3/c1-8-5-9(2)7-10(6-8)19-12-4-3-11(15)13(16-12)14(17)18/h3-7H,1-2H3,(H,17,18). The van der Waals surface area contributed by atoms with Crippen LogP contribution in [0.25, 0.3) is 0 Å². The third-order valence-electron chi connectivity index (χ3n) is 2.44. The normalized spacial score (nSPS) is 10.3. The number of aryl methyl sites for hydroxylation is 2. The zero-order chi connectivity index (χ0) is 14.0. The lowest BCUT2D eigenvalue weighted by atomic mass is 10.1. The summed E-state index contributed by atoms with van der Waals surface area (Å²) < 4.78 is 5.55. The molecule has 1 aromatic carbocycles. The van der Waals surface area contributed by atoms with Gasteiger partial charge in [-0.25, -0.2) is 9.78 Å². The van der Waals surface area contributed by atoms with Crippen LogP contribution in [0.4, 0.5) is 0 Å². The molecule has 0 bridgehead atoms. The van der Waals surface area contributed by atoms with Gasteiger partial charge in [0.2, 0.25) is 5.88 Å². The summed E-state index contributed by atoms with van der Waals surface area (Å²) in [7, 11) is 0. The van der Waals surface area contributed by atoms with Gasteiger partial charge in [0.05, 0.1) is 5.02 Å². The lowest BCUT2D eigenvalue weighted by Crippen LogP contribution is -2.02. The Kier molecular flexibility index (Phi) is 3.71. The Morgan fingerprint density at radius 3 is 2.42 bits per heavy atom. The van der Waals surface area contributed by atoms with Crippen LogP contribution in [0.1, 0.15) is 21.6 Å². The van der Waals surface area contributed by atoms with Crippen LogP contribution in [0.2, 0.25) is 5.02 Å². The van der Waals surface area contributed by atoms with Gasteiger partial charge in [0.25, 0.3) is 0 Å². The average molecular weight is 278 g/mol. The molecule has 0 atom stereocenters. The summed E-state index contributed by atoms with van der Waals surface area (Å²) in [6, 6.07) is 8.71. The van der Waals surface area contributed by atoms with E-state index in [0.717, 1.165) is 11.1 Å². The van der Waals surface area contributed by atoms with Gasteiger partial charge < -0.3 is 9.84 Å². The molecule has 0 aliphatic carbocycles. The van der Waals surface area contributed by atoms with E-state index < -0.39 is 5.97 Å². The lowest BCUT2D eigenvalue weighted by Gasteiger charge is -2.08. The maximum atomic E-state index is 10.9. The number of rotatable bonds is 3. The average Bonchev–Trinajstić information content (AvgIpc) is 2.30. The minimum atomic E-state index is -1.18. The highest BCUT2D eigenvalue weighted by Crippen LogP contribution is 2.24. The molecule has 0 radical (unpaired) electrons. The largest absolute Gasteiger partial charge is 0.476 e. The topological polar surface area (TPSA) is 59.4 Å². The molecule has 4 nitrogen and oxygen atoms in total. The maximum absolute atomic E-state index is 10.9. The highest BCUT2D eigenvalue weighted by atomic mass is 35.5. The third kappa shape index (κ3) is 3.23. The van der Waals surface area contributed by atoms with Gasteiger partial charge >= 0.3 is 5.97 Å². The Bertz CT molecular complexity index is 620. The van der Waals surface area contributed by atoms with Crippen molar-refractivity contribution in [2.24, 2.45) is 0 Å². The number of ether oxygens (including phenoxy) is 1. The van der Waals surface area contributed by atoms with Crippen LogP contribution in [-0.4, -0.2) is 16.1 Å². The van der Waals surface area contributed by atoms with Crippen molar-refractivity contribution in [1.29, 1.82) is 0 Å². The Morgan fingerprint density at radius 2 is 1.84 bits per heavy atom. The predicted molar refractivity (Wildman–Crippen MR) is 72.2 cm³/mol. The monoisotopic (exact) mass is 277 g/mol. The number of carboxylic acid groups (broad SMARTS) is 1. The van der Waals surface area contributed by atoms with E-state index in [2.05, 4.69) is 4.98 Å². The van der Waals surface area contributed by atoms with Crippen LogP contribution < -0.4 is 4.74 Å². The summed E-state index contributed by atoms with van der Waals surface area (Å²) in [5.41, 5.74) is 1.90. The van der Waals surface area contributed by atoms with Crippen molar-refractivity contribution in [3.63, 3.8) is 0 Å². The molecule has 0 amide bonds. The van der Waals surface area contributed by atoms with Crippen molar-refractivity contribution in [2.75, 3.05) is 0 Å². The number of hydrogen-bond donors (Lipinski definition) is 1. The fraction of sp³-hybridized carbons (Fsp3) is 0.143. The van der Waals surface area contributed by atoms with Gasteiger partial charge in [-0.2, -0.15) is 0 Å². The Morgan fingerprint density at radius 1 is 1.21 bits per heavy atom. The zero-order valence-corrected chi connectivity index (χ0v) is 11.2. The molecule has 0 unspecified atom stereocenters. The second-order valence-corrected chi connectivity index (χ2v) is 4.62. The van der Waals surface area contributed by atoms with Crippen LogP contribution in [0.15, 0.2) is 30.3 Å². The lowest BCUT2D eigenvalue weighted by molar-refractivity contribution is 0.0690. The molecule has 0 saturated heterocycles. The fourth-order valence-corrected chi connectivity index (χ4v) is 1.93. The van der Waals surface area contributed by atoms with Crippen LogP contribution in [-0.2, 0) is 0 Å². The van der Waals surface area contributed by atoms with Gasteiger partial charge in [0, 0.05) is 6.07 Å². The van der Waals surface area contributed by atoms with E-state index in [1.54, 1.807) is 0 Å². The van der Waals surface area contributed by atoms with E-state index in [1.165, 1.54) is 12.1 Å². The Hall–Kier alpha value is -2.07. The summed E-state index contributed by atoms with van der Waals surface area (Å²) in [5, 5.41) is 9.03. The minimum Gasteiger partial charge on any atom is -0.476 e. The van der Waals surface area contributed by atoms with Crippen molar-refractivity contribution in [2.45, 2.75) is 13.8 Å². The number of aromatic nitrogens is 1. The van der Waals surface area contributed by atoms with Crippen molar-refractivity contribution in [1.82, 2.24) is 4.98 Å². The molecule has 1 aromatic heterocycles. The molecule has 2 aromatic rings. The summed E-state index contributed by atoms with van der Waals surface area (Å²) in [5.74, 6) is -0.369. The molecular weight excluding hydrogens is 266 g/mol. The van der Waals surface area contributed by atoms with E-state index in [0.29, 0.717) is 5.75 Å². The number of benzene rings is 1. The van der Waals surface area contributed by atoms with E-state index in [-0.39, 0.29) is 16.6 Å². The molecule has 0 saturated carbocycles. The third-order valence-corrected chi connectivity index (χ3v) is 2.75. The SMILES string of the molecule is Cc1cc(C)cc(Oc2ccc(Cl)c(C(=O)O)n2)c1. The van der Waals surface area contributed by atoms with Crippen LogP contribution in [0.5, 0.6) is 11.6 Å². The fourth-order valence-electron chi connectivity index (χ4n) is 1.74. The molecule has 5 heteroatoms. The van der Waals surface area contributed by atoms with Gasteiger partial charge in [0.1, 0.15) is 5.75 Å². The second kappa shape index (κ2) is 5.28. The van der Waals surface area contributed by atoms with E-state index in [9.17, 15) is 4.79 Å². The second-order valence-electron chi connectivity index (χ2n) is 4.21. The van der Waals surface area contributed by atoms with Crippen molar-refractivity contribution in [3.05, 3.63) is 52.2 Å². The molecule has 0 aliphatic rings. The van der Waals surface area contributed by atoms with Crippen LogP contribution in [0.3, 0.4) is 0 Å². The predicted octanol–water partition coefficient (Wildman–Crippen LogP) is 3.84. The zero-order valence-electron chi connectivity index (χ0n) is 10.5. The first kappa shape index (κ1) is 13.4. The minimum absolute atomic E-state index is 0.0836. The van der Waals surface area contributed by atoms with E-state index in [1.807, 2.05) is 32.0 Å². The van der Waals surface area contributed by atoms with Gasteiger partial charge in [-0.1, -0.05) is 17.7 Å². The smallest absolute Gasteiger partial charge is 0.356 e. The molecule has 2 rings (SSSR count). The highest BCUT2D eigenvalue weighted by Gasteiger charge is 2.12. The van der Waals surface area contributed by atoms with E-state index >= 15 is 0 Å². The van der Waals surface area contributed by atoms with Crippen molar-refractivity contribution < 1.29 is 14.6 Å². The van der Waals surface area contributed by atoms with Gasteiger partial charge in [0.15, 0.2) is 5.69 Å². The summed E-state index contributed by atoms with van der Waals surface area (Å²) in [6.07, 6.45) is 0. The van der Waals surface area contributed by atoms with Gasteiger partial charge in [-0.3, -0.25) is 0 Å². The molecular formula is C14H12ClNO3. The van der Waals surface area contributed by atoms with Crippen LogP contribution in [0, 0.1) is 13.8 Å². The number of carbonyl (C=O) groups is 1. The number of hydrogen-bond acceptors (Lipinski definition) is 3. The molecule has 0 spiro atoms. The number of pyridine rings is 1. The van der Waals surface area contributed by atoms with Gasteiger partial charge in [-0.15, -0.1) is 0 Å². The number of carboxylic acids is 1. The Labute approximate surface area is 115 Å². The summed E-state index contributed by atoms with van der Waals surface area (Å²) >= 11 is 5.75. The van der Waals surface area contributed by atoms with Crippen LogP contribution >= 0.6 is 11.6 Å². The number of halogens is 1. The molecule has 19 heavy (non-hydrogen) atoms. The first-order valence-electron chi connectivity index (χ1n) is 5.61. The maximum Gasteiger partial charge on any atom is 0.356 e. The summed E-state index contributed by atoms with van der Waals surface area (Å²) in [6.45, 7) is 3.91. The molecule has 98 valence electrons. The molecule has 1 N–H and O–H groups in total. The molecule has 0 aliphatic heterocycles. The quantitative estimate of drug-likeness (QED) is 0.926. The van der Waals surface area contributed by atoms with E-state index in [4.69, 9.17) is 21.4 Å². The first-order chi connectivity index (χ1) is 8.95. The Balaban J connectivity index is 2.33. The van der Waals surface area contributed by atoms with Gasteiger partial charge in [-0.05, 0) is 43.2 Å². The molecule has 0 fully saturated rings. The first-order valence-corrected chi connectivity index (χ1v) is 5.99. The van der Waals surface area contributed by atoms with Crippen molar-refractivity contribution in [3.8, 4) is 11.6 Å². The highest BCUT2D eigenvalue weighted by molar-refractivity contribution is 6.33. The molecule has 1 heterocycles. The van der Waals surface area contributed by atoms with Crippen molar-refractivity contribution >= 4 is 17.6 Å². The number of nitrogens with zero attached hydrogens (tertiary/aromatic N) is 1. The number of aromatic carboxylic acids is 1. The summed E-state index contributed by atoms with van der Waals surface area (Å²) in [4.78, 5) is 14.8.